The molecule has 0 aliphatic carbocycles. The predicted molar refractivity (Wildman–Crippen MR) is 74.7 cm³/mol. The van der Waals surface area contributed by atoms with Crippen molar-refractivity contribution in [3.63, 3.8) is 0 Å². The molecule has 2 heterocycles. The van der Waals surface area contributed by atoms with E-state index in [9.17, 15) is 9.18 Å². The van der Waals surface area contributed by atoms with Crippen LogP contribution < -0.4 is 0 Å². The first kappa shape index (κ1) is 13.5. The number of carbonyl (C=O) groups is 1. The van der Waals surface area contributed by atoms with Crippen molar-refractivity contribution in [2.24, 2.45) is 0 Å². The SMILES string of the molecule is COC(=O)c1ccc2nnc(-c3cc(Cl)ccc3F)n2c1. The summed E-state index contributed by atoms with van der Waals surface area (Å²) >= 11 is 5.89. The van der Waals surface area contributed by atoms with Gasteiger partial charge in [-0.05, 0) is 30.3 Å². The first-order chi connectivity index (χ1) is 10.1. The lowest BCUT2D eigenvalue weighted by atomic mass is 10.2. The smallest absolute Gasteiger partial charge is 0.339 e. The minimum Gasteiger partial charge on any atom is -0.465 e. The van der Waals surface area contributed by atoms with Crippen molar-refractivity contribution in [3.05, 3.63) is 52.9 Å². The summed E-state index contributed by atoms with van der Waals surface area (Å²) in [5, 5.41) is 8.28. The molecule has 0 radical (unpaired) electrons. The molecule has 0 unspecified atom stereocenters. The van der Waals surface area contributed by atoms with Crippen molar-refractivity contribution in [2.45, 2.75) is 0 Å². The number of benzene rings is 1. The quantitative estimate of drug-likeness (QED) is 0.683. The van der Waals surface area contributed by atoms with E-state index in [1.807, 2.05) is 0 Å². The van der Waals surface area contributed by atoms with Gasteiger partial charge >= 0.3 is 5.97 Å². The van der Waals surface area contributed by atoms with Gasteiger partial charge in [0.1, 0.15) is 5.82 Å². The van der Waals surface area contributed by atoms with Crippen molar-refractivity contribution in [2.75, 3.05) is 7.11 Å². The van der Waals surface area contributed by atoms with E-state index in [0.29, 0.717) is 16.2 Å². The molecule has 5 nitrogen and oxygen atoms in total. The van der Waals surface area contributed by atoms with Gasteiger partial charge in [0, 0.05) is 11.2 Å². The average molecular weight is 306 g/mol. The predicted octanol–water partition coefficient (Wildman–Crippen LogP) is 2.98. The summed E-state index contributed by atoms with van der Waals surface area (Å²) in [7, 11) is 1.29. The van der Waals surface area contributed by atoms with Crippen molar-refractivity contribution in [1.29, 1.82) is 0 Å². The lowest BCUT2D eigenvalue weighted by Gasteiger charge is -2.04. The van der Waals surface area contributed by atoms with Crippen LogP contribution in [-0.4, -0.2) is 27.7 Å². The maximum absolute atomic E-state index is 14.0. The Morgan fingerprint density at radius 2 is 2.10 bits per heavy atom. The fourth-order valence-corrected chi connectivity index (χ4v) is 2.15. The van der Waals surface area contributed by atoms with Crippen LogP contribution >= 0.6 is 11.6 Å². The number of aromatic nitrogens is 3. The molecule has 0 aliphatic rings. The maximum atomic E-state index is 14.0. The number of hydrogen-bond donors (Lipinski definition) is 0. The molecule has 2 aromatic heterocycles. The molecule has 0 spiro atoms. The fraction of sp³-hybridized carbons (Fsp3) is 0.0714. The molecular weight excluding hydrogens is 297 g/mol. The Hall–Kier alpha value is -2.47. The summed E-state index contributed by atoms with van der Waals surface area (Å²) in [5.74, 6) is -0.712. The van der Waals surface area contributed by atoms with E-state index in [4.69, 9.17) is 11.6 Å². The number of esters is 1. The van der Waals surface area contributed by atoms with Gasteiger partial charge in [-0.1, -0.05) is 11.6 Å². The maximum Gasteiger partial charge on any atom is 0.339 e. The third-order valence-corrected chi connectivity index (χ3v) is 3.23. The molecule has 0 amide bonds. The van der Waals surface area contributed by atoms with E-state index < -0.39 is 11.8 Å². The Morgan fingerprint density at radius 3 is 2.86 bits per heavy atom. The number of pyridine rings is 1. The van der Waals surface area contributed by atoms with Crippen LogP contribution in [-0.2, 0) is 4.74 Å². The Morgan fingerprint density at radius 1 is 1.29 bits per heavy atom. The highest BCUT2D eigenvalue weighted by Crippen LogP contribution is 2.25. The van der Waals surface area contributed by atoms with Crippen LogP contribution in [0.4, 0.5) is 4.39 Å². The van der Waals surface area contributed by atoms with Gasteiger partial charge in [0.2, 0.25) is 0 Å². The zero-order chi connectivity index (χ0) is 15.0. The van der Waals surface area contributed by atoms with Gasteiger partial charge in [-0.2, -0.15) is 0 Å². The first-order valence-corrected chi connectivity index (χ1v) is 6.36. The molecule has 7 heteroatoms. The standard InChI is InChI=1S/C14H9ClFN3O2/c1-21-14(20)8-2-5-12-17-18-13(19(12)7-8)10-6-9(15)3-4-11(10)16/h2-7H,1H3. The normalized spacial score (nSPS) is 10.8. The zero-order valence-corrected chi connectivity index (χ0v) is 11.6. The van der Waals surface area contributed by atoms with Crippen LogP contribution in [0.2, 0.25) is 5.02 Å². The van der Waals surface area contributed by atoms with Crippen molar-refractivity contribution in [3.8, 4) is 11.4 Å². The summed E-state index contributed by atoms with van der Waals surface area (Å²) in [5.41, 5.74) is 1.00. The van der Waals surface area contributed by atoms with Crippen molar-refractivity contribution >= 4 is 23.2 Å². The van der Waals surface area contributed by atoms with Gasteiger partial charge in [-0.15, -0.1) is 10.2 Å². The number of hydrogen-bond acceptors (Lipinski definition) is 4. The molecule has 0 saturated heterocycles. The molecule has 21 heavy (non-hydrogen) atoms. The third kappa shape index (κ3) is 2.34. The number of methoxy groups -OCH3 is 1. The molecule has 0 saturated carbocycles. The summed E-state index contributed by atoms with van der Waals surface area (Å²) in [6, 6.07) is 7.32. The van der Waals surface area contributed by atoms with E-state index in [1.165, 1.54) is 35.9 Å². The van der Waals surface area contributed by atoms with Crippen molar-refractivity contribution < 1.29 is 13.9 Å². The van der Waals surface area contributed by atoms with E-state index in [2.05, 4.69) is 14.9 Å². The van der Waals surface area contributed by atoms with Gasteiger partial charge in [0.05, 0.1) is 18.2 Å². The lowest BCUT2D eigenvalue weighted by molar-refractivity contribution is 0.0600. The number of ether oxygens (including phenoxy) is 1. The molecular formula is C14H9ClFN3O2. The second kappa shape index (κ2) is 5.14. The molecule has 3 rings (SSSR count). The van der Waals surface area contributed by atoms with Crippen LogP contribution in [0.25, 0.3) is 17.0 Å². The monoisotopic (exact) mass is 305 g/mol. The molecule has 0 aliphatic heterocycles. The average Bonchev–Trinajstić information content (AvgIpc) is 2.91. The topological polar surface area (TPSA) is 56.5 Å². The third-order valence-electron chi connectivity index (χ3n) is 2.99. The fourth-order valence-electron chi connectivity index (χ4n) is 1.98. The number of carbonyl (C=O) groups excluding carboxylic acids is 1. The Labute approximate surface area is 123 Å². The van der Waals surface area contributed by atoms with Gasteiger partial charge in [-0.3, -0.25) is 4.40 Å². The number of nitrogens with zero attached hydrogens (tertiary/aromatic N) is 3. The van der Waals surface area contributed by atoms with E-state index in [0.717, 1.165) is 0 Å². The minimum atomic E-state index is -0.497. The summed E-state index contributed by atoms with van der Waals surface area (Å²) in [6.45, 7) is 0. The molecule has 0 bridgehead atoms. The van der Waals surface area contributed by atoms with Crippen LogP contribution in [0.15, 0.2) is 36.5 Å². The largest absolute Gasteiger partial charge is 0.465 e. The molecule has 106 valence electrons. The molecule has 0 N–H and O–H groups in total. The summed E-state index contributed by atoms with van der Waals surface area (Å²) in [4.78, 5) is 11.6. The highest BCUT2D eigenvalue weighted by Gasteiger charge is 2.15. The highest BCUT2D eigenvalue weighted by atomic mass is 35.5. The molecule has 3 aromatic rings. The van der Waals surface area contributed by atoms with E-state index >= 15 is 0 Å². The van der Waals surface area contributed by atoms with Crippen LogP contribution in [0, 0.1) is 5.82 Å². The number of fused-ring (bicyclic) bond motifs is 1. The van der Waals surface area contributed by atoms with E-state index in [1.54, 1.807) is 12.1 Å². The summed E-state index contributed by atoms with van der Waals surface area (Å²) < 4.78 is 20.1. The van der Waals surface area contributed by atoms with E-state index in [-0.39, 0.29) is 11.4 Å². The number of halogens is 2. The second-order valence-corrected chi connectivity index (χ2v) is 4.72. The summed E-state index contributed by atoms with van der Waals surface area (Å²) in [6.07, 6.45) is 1.50. The van der Waals surface area contributed by atoms with Crippen molar-refractivity contribution in [1.82, 2.24) is 14.6 Å². The van der Waals surface area contributed by atoms with Crippen LogP contribution in [0.5, 0.6) is 0 Å². The minimum absolute atomic E-state index is 0.206. The molecule has 1 aromatic carbocycles. The van der Waals surface area contributed by atoms with Crippen LogP contribution in [0.3, 0.4) is 0 Å². The molecule has 0 atom stereocenters. The Bertz CT molecular complexity index is 847. The Kier molecular flexibility index (Phi) is 3.31. The second-order valence-electron chi connectivity index (χ2n) is 4.29. The number of rotatable bonds is 2. The lowest BCUT2D eigenvalue weighted by Crippen LogP contribution is -2.03. The first-order valence-electron chi connectivity index (χ1n) is 5.98. The zero-order valence-electron chi connectivity index (χ0n) is 10.9. The molecule has 0 fully saturated rings. The van der Waals surface area contributed by atoms with Gasteiger partial charge < -0.3 is 4.74 Å². The van der Waals surface area contributed by atoms with Gasteiger partial charge in [0.15, 0.2) is 11.5 Å². The van der Waals surface area contributed by atoms with Gasteiger partial charge in [-0.25, -0.2) is 9.18 Å². The van der Waals surface area contributed by atoms with Crippen LogP contribution in [0.1, 0.15) is 10.4 Å². The Balaban J connectivity index is 2.23. The highest BCUT2D eigenvalue weighted by molar-refractivity contribution is 6.30. The van der Waals surface area contributed by atoms with Gasteiger partial charge in [0.25, 0.3) is 0 Å².